The SMILES string of the molecule is O=C(CNC(=O)c1cccc2ccccc12)N/N=C/c1cccc(OC(=O)c2ccc(Cl)cc2)c1. The van der Waals surface area contributed by atoms with Crippen molar-refractivity contribution in [1.29, 1.82) is 0 Å². The van der Waals surface area contributed by atoms with Gasteiger partial charge in [0.1, 0.15) is 5.75 Å². The largest absolute Gasteiger partial charge is 0.423 e. The lowest BCUT2D eigenvalue weighted by Crippen LogP contribution is -2.35. The molecule has 0 aromatic heterocycles. The van der Waals surface area contributed by atoms with Crippen LogP contribution in [0.2, 0.25) is 5.02 Å². The summed E-state index contributed by atoms with van der Waals surface area (Å²) in [5.74, 6) is -1.04. The van der Waals surface area contributed by atoms with Crippen molar-refractivity contribution in [1.82, 2.24) is 10.7 Å². The molecule has 0 aliphatic rings. The summed E-state index contributed by atoms with van der Waals surface area (Å²) >= 11 is 5.84. The minimum Gasteiger partial charge on any atom is -0.423 e. The number of nitrogens with zero attached hydrogens (tertiary/aromatic N) is 1. The van der Waals surface area contributed by atoms with Gasteiger partial charge in [-0.05, 0) is 58.8 Å². The maximum atomic E-state index is 12.5. The van der Waals surface area contributed by atoms with Crippen molar-refractivity contribution in [2.75, 3.05) is 6.54 Å². The molecule has 8 heteroatoms. The molecule has 2 N–H and O–H groups in total. The molecule has 4 aromatic carbocycles. The van der Waals surface area contributed by atoms with Crippen LogP contribution in [0.15, 0.2) is 96.1 Å². The fourth-order valence-corrected chi connectivity index (χ4v) is 3.43. The average molecular weight is 486 g/mol. The summed E-state index contributed by atoms with van der Waals surface area (Å²) in [4.78, 5) is 36.9. The van der Waals surface area contributed by atoms with Gasteiger partial charge in [-0.3, -0.25) is 9.59 Å². The second-order valence-electron chi connectivity index (χ2n) is 7.47. The van der Waals surface area contributed by atoms with Crippen LogP contribution in [0.25, 0.3) is 10.8 Å². The van der Waals surface area contributed by atoms with Crippen molar-refractivity contribution in [3.8, 4) is 5.75 Å². The lowest BCUT2D eigenvalue weighted by Gasteiger charge is -2.07. The molecule has 0 bridgehead atoms. The molecule has 0 heterocycles. The van der Waals surface area contributed by atoms with E-state index in [4.69, 9.17) is 16.3 Å². The van der Waals surface area contributed by atoms with E-state index in [1.165, 1.54) is 6.21 Å². The highest BCUT2D eigenvalue weighted by Gasteiger charge is 2.11. The van der Waals surface area contributed by atoms with Crippen molar-refractivity contribution in [2.45, 2.75) is 0 Å². The molecule has 4 rings (SSSR count). The molecule has 0 saturated carbocycles. The van der Waals surface area contributed by atoms with Crippen LogP contribution in [0.1, 0.15) is 26.3 Å². The summed E-state index contributed by atoms with van der Waals surface area (Å²) in [5, 5.41) is 8.77. The Morgan fingerprint density at radius 1 is 0.886 bits per heavy atom. The summed E-state index contributed by atoms with van der Waals surface area (Å²) in [6.07, 6.45) is 1.41. The minimum atomic E-state index is -0.522. The number of amides is 2. The van der Waals surface area contributed by atoms with E-state index in [2.05, 4.69) is 15.8 Å². The number of nitrogens with one attached hydrogen (secondary N) is 2. The third-order valence-electron chi connectivity index (χ3n) is 5.00. The first-order valence-electron chi connectivity index (χ1n) is 10.7. The van der Waals surface area contributed by atoms with Gasteiger partial charge in [-0.15, -0.1) is 0 Å². The van der Waals surface area contributed by atoms with Crippen LogP contribution in [0.4, 0.5) is 0 Å². The normalized spacial score (nSPS) is 10.8. The van der Waals surface area contributed by atoms with E-state index in [1.54, 1.807) is 60.7 Å². The number of hydrogen-bond acceptors (Lipinski definition) is 5. The second-order valence-corrected chi connectivity index (χ2v) is 7.91. The Kier molecular flexibility index (Phi) is 7.50. The van der Waals surface area contributed by atoms with E-state index in [0.717, 1.165) is 10.8 Å². The summed E-state index contributed by atoms with van der Waals surface area (Å²) in [7, 11) is 0. The van der Waals surface area contributed by atoms with Gasteiger partial charge in [-0.1, -0.05) is 60.1 Å². The van der Waals surface area contributed by atoms with Crippen molar-refractivity contribution in [3.63, 3.8) is 0 Å². The lowest BCUT2D eigenvalue weighted by atomic mass is 10.0. The molecule has 0 radical (unpaired) electrons. The van der Waals surface area contributed by atoms with E-state index in [1.807, 2.05) is 30.3 Å². The Balaban J connectivity index is 1.29. The van der Waals surface area contributed by atoms with Gasteiger partial charge >= 0.3 is 5.97 Å². The Morgan fingerprint density at radius 2 is 1.63 bits per heavy atom. The fourth-order valence-electron chi connectivity index (χ4n) is 3.31. The molecule has 7 nitrogen and oxygen atoms in total. The highest BCUT2D eigenvalue weighted by molar-refractivity contribution is 6.30. The van der Waals surface area contributed by atoms with E-state index in [9.17, 15) is 14.4 Å². The van der Waals surface area contributed by atoms with E-state index in [0.29, 0.717) is 27.5 Å². The maximum Gasteiger partial charge on any atom is 0.343 e. The number of rotatable bonds is 7. The minimum absolute atomic E-state index is 0.238. The molecule has 4 aromatic rings. The zero-order valence-corrected chi connectivity index (χ0v) is 19.2. The van der Waals surface area contributed by atoms with Gasteiger partial charge in [0.15, 0.2) is 0 Å². The highest BCUT2D eigenvalue weighted by atomic mass is 35.5. The molecule has 174 valence electrons. The number of hydrogen-bond donors (Lipinski definition) is 2. The van der Waals surface area contributed by atoms with Gasteiger partial charge in [-0.2, -0.15) is 5.10 Å². The van der Waals surface area contributed by atoms with Crippen LogP contribution in [-0.4, -0.2) is 30.5 Å². The number of carbonyl (C=O) groups is 3. The Labute approximate surface area is 206 Å². The second kappa shape index (κ2) is 11.1. The van der Waals surface area contributed by atoms with E-state index < -0.39 is 11.9 Å². The molecule has 0 fully saturated rings. The number of hydrazone groups is 1. The van der Waals surface area contributed by atoms with Crippen molar-refractivity contribution < 1.29 is 19.1 Å². The predicted molar refractivity (Wildman–Crippen MR) is 135 cm³/mol. The van der Waals surface area contributed by atoms with Crippen LogP contribution < -0.4 is 15.5 Å². The zero-order valence-electron chi connectivity index (χ0n) is 18.4. The van der Waals surface area contributed by atoms with Crippen LogP contribution in [0.5, 0.6) is 5.75 Å². The molecule has 0 aliphatic carbocycles. The van der Waals surface area contributed by atoms with Crippen molar-refractivity contribution >= 4 is 46.4 Å². The Morgan fingerprint density at radius 3 is 2.46 bits per heavy atom. The van der Waals surface area contributed by atoms with Gasteiger partial charge in [0, 0.05) is 10.6 Å². The molecular formula is C27H20ClN3O4. The fraction of sp³-hybridized carbons (Fsp3) is 0.0370. The predicted octanol–water partition coefficient (Wildman–Crippen LogP) is 4.59. The van der Waals surface area contributed by atoms with Gasteiger partial charge in [0.2, 0.25) is 0 Å². The number of carbonyl (C=O) groups excluding carboxylic acids is 3. The summed E-state index contributed by atoms with van der Waals surface area (Å²) in [5.41, 5.74) is 3.82. The van der Waals surface area contributed by atoms with Gasteiger partial charge in [0.05, 0.1) is 18.3 Å². The molecule has 35 heavy (non-hydrogen) atoms. The third-order valence-corrected chi connectivity index (χ3v) is 5.25. The first-order chi connectivity index (χ1) is 17.0. The molecule has 0 saturated heterocycles. The van der Waals surface area contributed by atoms with Crippen molar-refractivity contribution in [2.24, 2.45) is 5.10 Å². The standard InChI is InChI=1S/C27H20ClN3O4/c28-21-13-11-20(12-14-21)27(34)35-22-8-3-5-18(15-22)16-30-31-25(32)17-29-26(33)24-10-4-7-19-6-1-2-9-23(19)24/h1-16H,17H2,(H,29,33)(H,31,32)/b30-16+. The summed E-state index contributed by atoms with van der Waals surface area (Å²) < 4.78 is 5.37. The maximum absolute atomic E-state index is 12.5. The van der Waals surface area contributed by atoms with Crippen LogP contribution in [0, 0.1) is 0 Å². The lowest BCUT2D eigenvalue weighted by molar-refractivity contribution is -0.120. The van der Waals surface area contributed by atoms with E-state index >= 15 is 0 Å². The molecular weight excluding hydrogens is 466 g/mol. The molecule has 0 unspecified atom stereocenters. The van der Waals surface area contributed by atoms with Crippen molar-refractivity contribution in [3.05, 3.63) is 113 Å². The van der Waals surface area contributed by atoms with Crippen LogP contribution in [0.3, 0.4) is 0 Å². The van der Waals surface area contributed by atoms with Gasteiger partial charge < -0.3 is 10.1 Å². The van der Waals surface area contributed by atoms with Gasteiger partial charge in [0.25, 0.3) is 11.8 Å². The topological polar surface area (TPSA) is 96.9 Å². The zero-order chi connectivity index (χ0) is 24.6. The number of fused-ring (bicyclic) bond motifs is 1. The number of benzene rings is 4. The molecule has 0 atom stereocenters. The Hall–Kier alpha value is -4.49. The monoisotopic (exact) mass is 485 g/mol. The average Bonchev–Trinajstić information content (AvgIpc) is 2.87. The van der Waals surface area contributed by atoms with Gasteiger partial charge in [-0.25, -0.2) is 10.2 Å². The smallest absolute Gasteiger partial charge is 0.343 e. The molecule has 0 spiro atoms. The van der Waals surface area contributed by atoms with Crippen LogP contribution >= 0.6 is 11.6 Å². The highest BCUT2D eigenvalue weighted by Crippen LogP contribution is 2.18. The number of ether oxygens (including phenoxy) is 1. The quantitative estimate of drug-likeness (QED) is 0.173. The summed E-state index contributed by atoms with van der Waals surface area (Å²) in [6, 6.07) is 26.0. The molecule has 0 aliphatic heterocycles. The Bertz CT molecular complexity index is 1410. The number of halogens is 1. The third kappa shape index (κ3) is 6.31. The van der Waals surface area contributed by atoms with E-state index in [-0.39, 0.29) is 12.5 Å². The first kappa shape index (κ1) is 23.7. The van der Waals surface area contributed by atoms with Crippen LogP contribution in [-0.2, 0) is 4.79 Å². The molecule has 2 amide bonds. The number of esters is 1. The summed E-state index contributed by atoms with van der Waals surface area (Å²) in [6.45, 7) is -0.238. The first-order valence-corrected chi connectivity index (χ1v) is 11.0.